The Bertz CT molecular complexity index is 675. The van der Waals surface area contributed by atoms with E-state index in [0.717, 1.165) is 32.4 Å². The molecule has 0 amide bonds. The maximum Gasteiger partial charge on any atom is 0.214 e. The van der Waals surface area contributed by atoms with Gasteiger partial charge in [0.05, 0.1) is 11.9 Å². The first kappa shape index (κ1) is 20.7. The number of unbranched alkanes of at least 4 members (excludes halogenated alkanes) is 2. The van der Waals surface area contributed by atoms with E-state index in [-0.39, 0.29) is 17.9 Å². The van der Waals surface area contributed by atoms with Crippen LogP contribution in [0.1, 0.15) is 31.7 Å². The van der Waals surface area contributed by atoms with Gasteiger partial charge in [0.2, 0.25) is 10.0 Å². The molecule has 0 unspecified atom stereocenters. The molecule has 1 aromatic rings. The molecular formula is C20H33N3O3S. The second kappa shape index (κ2) is 9.47. The predicted octanol–water partition coefficient (Wildman–Crippen LogP) is 1.37. The van der Waals surface area contributed by atoms with Gasteiger partial charge in [0, 0.05) is 51.9 Å². The summed E-state index contributed by atoms with van der Waals surface area (Å²) in [5, 5.41) is 10.5. The minimum absolute atomic E-state index is 0.0960. The Balaban J connectivity index is 1.49. The summed E-state index contributed by atoms with van der Waals surface area (Å²) in [6.45, 7) is 6.92. The zero-order chi connectivity index (χ0) is 19.3. The third kappa shape index (κ3) is 5.51. The fraction of sp³-hybridized carbons (Fsp3) is 0.700. The SMILES string of the molecule is CCCCCS(=O)(=O)N1CCN([C@@H]2CN(Cc3ccccc3)C[C@H]2O)CC1. The summed E-state index contributed by atoms with van der Waals surface area (Å²) in [5.41, 5.74) is 1.26. The summed E-state index contributed by atoms with van der Waals surface area (Å²) >= 11 is 0. The first-order valence-corrected chi connectivity index (χ1v) is 11.8. The average Bonchev–Trinajstić information content (AvgIpc) is 3.03. The molecule has 2 aliphatic rings. The lowest BCUT2D eigenvalue weighted by atomic mass is 10.1. The number of hydrogen-bond donors (Lipinski definition) is 1. The Morgan fingerprint density at radius 3 is 2.41 bits per heavy atom. The number of nitrogens with zero attached hydrogens (tertiary/aromatic N) is 3. The van der Waals surface area contributed by atoms with Crippen molar-refractivity contribution in [2.45, 2.75) is 44.9 Å². The number of aliphatic hydroxyl groups excluding tert-OH is 1. The average molecular weight is 396 g/mol. The molecule has 2 heterocycles. The highest BCUT2D eigenvalue weighted by molar-refractivity contribution is 7.89. The van der Waals surface area contributed by atoms with E-state index in [1.54, 1.807) is 4.31 Å². The van der Waals surface area contributed by atoms with E-state index in [2.05, 4.69) is 28.9 Å². The fourth-order valence-corrected chi connectivity index (χ4v) is 5.70. The van der Waals surface area contributed by atoms with Crippen molar-refractivity contribution in [2.24, 2.45) is 0 Å². The molecule has 2 atom stereocenters. The molecule has 7 heteroatoms. The molecule has 0 radical (unpaired) electrons. The van der Waals surface area contributed by atoms with Gasteiger partial charge < -0.3 is 5.11 Å². The van der Waals surface area contributed by atoms with Crippen LogP contribution in [-0.4, -0.2) is 84.8 Å². The third-order valence-electron chi connectivity index (χ3n) is 5.73. The zero-order valence-electron chi connectivity index (χ0n) is 16.3. The molecule has 0 spiro atoms. The number of piperazine rings is 1. The van der Waals surface area contributed by atoms with Crippen LogP contribution in [0.2, 0.25) is 0 Å². The van der Waals surface area contributed by atoms with Gasteiger partial charge >= 0.3 is 0 Å². The van der Waals surface area contributed by atoms with Crippen LogP contribution in [0.5, 0.6) is 0 Å². The maximum absolute atomic E-state index is 12.5. The molecule has 1 aromatic carbocycles. The van der Waals surface area contributed by atoms with Gasteiger partial charge in [-0.15, -0.1) is 0 Å². The quantitative estimate of drug-likeness (QED) is 0.674. The van der Waals surface area contributed by atoms with Crippen LogP contribution in [0.4, 0.5) is 0 Å². The van der Waals surface area contributed by atoms with Gasteiger partial charge in [-0.05, 0) is 12.0 Å². The summed E-state index contributed by atoms with van der Waals surface area (Å²) in [6, 6.07) is 10.4. The Labute approximate surface area is 163 Å². The van der Waals surface area contributed by atoms with Gasteiger partial charge in [-0.2, -0.15) is 4.31 Å². The Morgan fingerprint density at radius 2 is 1.74 bits per heavy atom. The summed E-state index contributed by atoms with van der Waals surface area (Å²) in [7, 11) is -3.13. The molecule has 3 rings (SSSR count). The number of likely N-dealkylation sites (tertiary alicyclic amines) is 1. The standard InChI is InChI=1S/C20H33N3O3S/c1-2-3-7-14-27(25,26)23-12-10-22(11-13-23)19-16-21(17-20(19)24)15-18-8-5-4-6-9-18/h4-6,8-9,19-20,24H,2-3,7,10-17H2,1H3/t19-,20-/m1/s1. The van der Waals surface area contributed by atoms with Gasteiger partial charge in [-0.1, -0.05) is 50.1 Å². The first-order valence-electron chi connectivity index (χ1n) is 10.2. The van der Waals surface area contributed by atoms with Crippen molar-refractivity contribution in [2.75, 3.05) is 45.0 Å². The number of β-amino-alcohol motifs (C(OH)–C–C–N with tert-alkyl or cyclic N) is 1. The van der Waals surface area contributed by atoms with Crippen LogP contribution in [-0.2, 0) is 16.6 Å². The van der Waals surface area contributed by atoms with E-state index in [0.29, 0.717) is 32.7 Å². The predicted molar refractivity (Wildman–Crippen MR) is 108 cm³/mol. The molecule has 152 valence electrons. The van der Waals surface area contributed by atoms with E-state index in [9.17, 15) is 13.5 Å². The Morgan fingerprint density at radius 1 is 1.04 bits per heavy atom. The molecule has 0 saturated carbocycles. The van der Waals surface area contributed by atoms with Crippen LogP contribution in [0, 0.1) is 0 Å². The maximum atomic E-state index is 12.5. The minimum atomic E-state index is -3.13. The number of benzene rings is 1. The molecule has 2 saturated heterocycles. The van der Waals surface area contributed by atoms with Crippen LogP contribution in [0.15, 0.2) is 30.3 Å². The fourth-order valence-electron chi connectivity index (χ4n) is 4.15. The summed E-state index contributed by atoms with van der Waals surface area (Å²) in [5.74, 6) is 0.262. The van der Waals surface area contributed by atoms with Crippen molar-refractivity contribution in [1.82, 2.24) is 14.1 Å². The highest BCUT2D eigenvalue weighted by Gasteiger charge is 2.38. The van der Waals surface area contributed by atoms with Gasteiger partial charge in [0.15, 0.2) is 0 Å². The Hall–Kier alpha value is -0.990. The first-order chi connectivity index (χ1) is 13.0. The number of sulfonamides is 1. The van der Waals surface area contributed by atoms with Gasteiger partial charge in [0.25, 0.3) is 0 Å². The van der Waals surface area contributed by atoms with Crippen LogP contribution < -0.4 is 0 Å². The second-order valence-electron chi connectivity index (χ2n) is 7.77. The summed E-state index contributed by atoms with van der Waals surface area (Å²) in [6.07, 6.45) is 2.36. The molecule has 6 nitrogen and oxygen atoms in total. The zero-order valence-corrected chi connectivity index (χ0v) is 17.1. The number of rotatable bonds is 8. The molecule has 0 aromatic heterocycles. The van der Waals surface area contributed by atoms with Gasteiger partial charge in [-0.25, -0.2) is 8.42 Å². The summed E-state index contributed by atoms with van der Waals surface area (Å²) < 4.78 is 26.6. The molecule has 2 aliphatic heterocycles. The van der Waals surface area contributed by atoms with E-state index < -0.39 is 10.0 Å². The van der Waals surface area contributed by atoms with E-state index in [4.69, 9.17) is 0 Å². The van der Waals surface area contributed by atoms with Crippen molar-refractivity contribution in [3.05, 3.63) is 35.9 Å². The van der Waals surface area contributed by atoms with Crippen molar-refractivity contribution >= 4 is 10.0 Å². The van der Waals surface area contributed by atoms with Crippen molar-refractivity contribution in [3.63, 3.8) is 0 Å². The van der Waals surface area contributed by atoms with Crippen LogP contribution >= 0.6 is 0 Å². The monoisotopic (exact) mass is 395 g/mol. The van der Waals surface area contributed by atoms with E-state index in [1.165, 1.54) is 5.56 Å². The van der Waals surface area contributed by atoms with Crippen molar-refractivity contribution < 1.29 is 13.5 Å². The van der Waals surface area contributed by atoms with E-state index in [1.807, 2.05) is 18.2 Å². The van der Waals surface area contributed by atoms with Crippen LogP contribution in [0.25, 0.3) is 0 Å². The molecule has 0 bridgehead atoms. The molecule has 2 fully saturated rings. The minimum Gasteiger partial charge on any atom is -0.390 e. The number of aliphatic hydroxyl groups is 1. The Kier molecular flexibility index (Phi) is 7.28. The molecule has 1 N–H and O–H groups in total. The molecular weight excluding hydrogens is 362 g/mol. The highest BCUT2D eigenvalue weighted by atomic mass is 32.2. The van der Waals surface area contributed by atoms with Crippen molar-refractivity contribution in [3.8, 4) is 0 Å². The highest BCUT2D eigenvalue weighted by Crippen LogP contribution is 2.21. The topological polar surface area (TPSA) is 64.1 Å². The smallest absolute Gasteiger partial charge is 0.214 e. The third-order valence-corrected chi connectivity index (χ3v) is 7.68. The largest absolute Gasteiger partial charge is 0.390 e. The van der Waals surface area contributed by atoms with E-state index >= 15 is 0 Å². The normalized spacial score (nSPS) is 25.9. The lowest BCUT2D eigenvalue weighted by Crippen LogP contribution is -2.55. The lowest BCUT2D eigenvalue weighted by molar-refractivity contribution is 0.0618. The van der Waals surface area contributed by atoms with Crippen molar-refractivity contribution in [1.29, 1.82) is 0 Å². The molecule has 0 aliphatic carbocycles. The van der Waals surface area contributed by atoms with Gasteiger partial charge in [0.1, 0.15) is 0 Å². The molecule has 27 heavy (non-hydrogen) atoms. The lowest BCUT2D eigenvalue weighted by Gasteiger charge is -2.38. The number of hydrogen-bond acceptors (Lipinski definition) is 5. The van der Waals surface area contributed by atoms with Gasteiger partial charge in [-0.3, -0.25) is 9.80 Å². The second-order valence-corrected chi connectivity index (χ2v) is 9.86. The summed E-state index contributed by atoms with van der Waals surface area (Å²) in [4.78, 5) is 4.56. The van der Waals surface area contributed by atoms with Crippen LogP contribution in [0.3, 0.4) is 0 Å².